The summed E-state index contributed by atoms with van der Waals surface area (Å²) in [5, 5.41) is 4.87. The Morgan fingerprint density at radius 2 is 1.85 bits per heavy atom. The number of benzene rings is 2. The van der Waals surface area contributed by atoms with Crippen LogP contribution in [0.5, 0.6) is 5.75 Å². The van der Waals surface area contributed by atoms with Gasteiger partial charge >= 0.3 is 0 Å². The molecule has 138 valence electrons. The van der Waals surface area contributed by atoms with E-state index < -0.39 is 23.8 Å². The van der Waals surface area contributed by atoms with Crippen LogP contribution in [0.15, 0.2) is 41.6 Å². The number of carbonyl (C=O) groups is 2. The van der Waals surface area contributed by atoms with Crippen molar-refractivity contribution in [2.24, 2.45) is 11.1 Å². The molecule has 27 heavy (non-hydrogen) atoms. The summed E-state index contributed by atoms with van der Waals surface area (Å²) in [6.45, 7) is 1.78. The first-order valence-corrected chi connectivity index (χ1v) is 8.90. The van der Waals surface area contributed by atoms with Crippen molar-refractivity contribution in [3.05, 3.63) is 57.6 Å². The molecular formula is C19H14Cl2N2O4. The maximum absolute atomic E-state index is 13.2. The normalized spacial score (nSPS) is 21.2. The number of hydrogen-bond donors (Lipinski definition) is 0. The van der Waals surface area contributed by atoms with Crippen LogP contribution in [0.25, 0.3) is 0 Å². The number of imide groups is 1. The summed E-state index contributed by atoms with van der Waals surface area (Å²) in [4.78, 5) is 32.5. The molecule has 8 heteroatoms. The third-order valence-electron chi connectivity index (χ3n) is 4.66. The number of rotatable bonds is 3. The highest BCUT2D eigenvalue weighted by atomic mass is 35.5. The van der Waals surface area contributed by atoms with Crippen molar-refractivity contribution in [1.29, 1.82) is 0 Å². The molecule has 1 fully saturated rings. The highest BCUT2D eigenvalue weighted by Gasteiger charge is 2.56. The van der Waals surface area contributed by atoms with Gasteiger partial charge in [0.2, 0.25) is 12.0 Å². The number of methoxy groups -OCH3 is 1. The van der Waals surface area contributed by atoms with Gasteiger partial charge < -0.3 is 9.57 Å². The third-order valence-corrected chi connectivity index (χ3v) is 5.40. The number of oxime groups is 1. The molecule has 2 heterocycles. The Hall–Kier alpha value is -2.57. The average molecular weight is 405 g/mol. The number of nitrogens with zero attached hydrogens (tertiary/aromatic N) is 2. The van der Waals surface area contributed by atoms with Gasteiger partial charge in [0.05, 0.1) is 12.8 Å². The van der Waals surface area contributed by atoms with Gasteiger partial charge in [-0.2, -0.15) is 0 Å². The minimum atomic E-state index is -1.02. The van der Waals surface area contributed by atoms with Gasteiger partial charge in [0.15, 0.2) is 0 Å². The molecule has 0 spiro atoms. The quantitative estimate of drug-likeness (QED) is 0.732. The zero-order valence-electron chi connectivity index (χ0n) is 14.4. The van der Waals surface area contributed by atoms with E-state index in [2.05, 4.69) is 5.16 Å². The van der Waals surface area contributed by atoms with Crippen molar-refractivity contribution in [1.82, 2.24) is 0 Å². The zero-order chi connectivity index (χ0) is 19.3. The molecule has 1 saturated heterocycles. The lowest BCUT2D eigenvalue weighted by atomic mass is 9.94. The van der Waals surface area contributed by atoms with E-state index >= 15 is 0 Å². The standard InChI is InChI=1S/C19H14Cl2N2O4/c1-9-7-13(14(26-2)8-12(9)21)23-18(24)15-16(22-27-17(15)19(23)25)10-5-3-4-6-11(10)20/h3-8,15,17H,1-2H3/t15-,17+/m1/s1. The van der Waals surface area contributed by atoms with Crippen LogP contribution in [-0.4, -0.2) is 30.7 Å². The Kier molecular flexibility index (Phi) is 4.32. The topological polar surface area (TPSA) is 68.2 Å². The van der Waals surface area contributed by atoms with E-state index in [-0.39, 0.29) is 0 Å². The molecule has 0 N–H and O–H groups in total. The summed E-state index contributed by atoms with van der Waals surface area (Å²) >= 11 is 12.4. The Labute approximate surface area is 165 Å². The van der Waals surface area contributed by atoms with Crippen LogP contribution in [0.2, 0.25) is 10.0 Å². The van der Waals surface area contributed by atoms with Gasteiger partial charge in [-0.15, -0.1) is 0 Å². The van der Waals surface area contributed by atoms with E-state index in [1.807, 2.05) is 0 Å². The Morgan fingerprint density at radius 3 is 2.56 bits per heavy atom. The van der Waals surface area contributed by atoms with E-state index in [9.17, 15) is 9.59 Å². The molecular weight excluding hydrogens is 391 g/mol. The summed E-state index contributed by atoms with van der Waals surface area (Å²) in [5.74, 6) is -1.49. The summed E-state index contributed by atoms with van der Waals surface area (Å²) < 4.78 is 5.32. The molecule has 0 saturated carbocycles. The van der Waals surface area contributed by atoms with Crippen molar-refractivity contribution in [3.63, 3.8) is 0 Å². The van der Waals surface area contributed by atoms with Crippen LogP contribution in [0.4, 0.5) is 5.69 Å². The lowest BCUT2D eigenvalue weighted by Crippen LogP contribution is -2.33. The van der Waals surface area contributed by atoms with Gasteiger partial charge in [-0.3, -0.25) is 9.59 Å². The third kappa shape index (κ3) is 2.67. The van der Waals surface area contributed by atoms with Gasteiger partial charge in [-0.25, -0.2) is 4.90 Å². The van der Waals surface area contributed by atoms with Crippen molar-refractivity contribution in [2.45, 2.75) is 13.0 Å². The number of amides is 2. The number of ether oxygens (including phenoxy) is 1. The molecule has 0 bridgehead atoms. The SMILES string of the molecule is COc1cc(Cl)c(C)cc1N1C(=O)[C@@H]2C(c3ccccc3Cl)=NO[C@@H]2C1=O. The monoisotopic (exact) mass is 404 g/mol. The first kappa shape index (κ1) is 17.8. The molecule has 4 rings (SSSR count). The highest BCUT2D eigenvalue weighted by molar-refractivity contribution is 6.38. The molecule has 0 aromatic heterocycles. The van der Waals surface area contributed by atoms with Crippen molar-refractivity contribution in [3.8, 4) is 5.75 Å². The van der Waals surface area contributed by atoms with Gasteiger partial charge in [-0.1, -0.05) is 46.6 Å². The summed E-state index contributed by atoms with van der Waals surface area (Å²) in [6.07, 6.45) is -1.02. The van der Waals surface area contributed by atoms with Crippen LogP contribution in [0.1, 0.15) is 11.1 Å². The van der Waals surface area contributed by atoms with Gasteiger partial charge in [0.1, 0.15) is 17.4 Å². The lowest BCUT2D eigenvalue weighted by molar-refractivity contribution is -0.126. The molecule has 2 aromatic rings. The maximum Gasteiger partial charge on any atom is 0.279 e. The van der Waals surface area contributed by atoms with Crippen LogP contribution in [0, 0.1) is 12.8 Å². The fourth-order valence-corrected chi connectivity index (χ4v) is 3.68. The lowest BCUT2D eigenvalue weighted by Gasteiger charge is -2.19. The summed E-state index contributed by atoms with van der Waals surface area (Å²) in [7, 11) is 1.45. The van der Waals surface area contributed by atoms with E-state index in [1.54, 1.807) is 43.3 Å². The molecule has 0 radical (unpaired) electrons. The van der Waals surface area contributed by atoms with E-state index in [0.717, 1.165) is 4.90 Å². The predicted molar refractivity (Wildman–Crippen MR) is 102 cm³/mol. The average Bonchev–Trinajstić information content (AvgIpc) is 3.18. The summed E-state index contributed by atoms with van der Waals surface area (Å²) in [5.41, 5.74) is 1.95. The van der Waals surface area contributed by atoms with Crippen LogP contribution in [-0.2, 0) is 14.4 Å². The second kappa shape index (κ2) is 6.55. The minimum absolute atomic E-state index is 0.323. The Balaban J connectivity index is 1.77. The smallest absolute Gasteiger partial charge is 0.279 e. The number of halogens is 2. The van der Waals surface area contributed by atoms with E-state index in [1.165, 1.54) is 7.11 Å². The van der Waals surface area contributed by atoms with Crippen LogP contribution in [0.3, 0.4) is 0 Å². The van der Waals surface area contributed by atoms with Crippen molar-refractivity contribution < 1.29 is 19.2 Å². The molecule has 2 aromatic carbocycles. The number of hydrogen-bond acceptors (Lipinski definition) is 5. The molecule has 2 aliphatic heterocycles. The fourth-order valence-electron chi connectivity index (χ4n) is 3.29. The number of aryl methyl sites for hydroxylation is 1. The highest BCUT2D eigenvalue weighted by Crippen LogP contribution is 2.41. The fraction of sp³-hybridized carbons (Fsp3) is 0.211. The second-order valence-corrected chi connectivity index (χ2v) is 7.06. The first-order valence-electron chi connectivity index (χ1n) is 8.14. The molecule has 2 amide bonds. The largest absolute Gasteiger partial charge is 0.495 e. The van der Waals surface area contributed by atoms with E-state index in [4.69, 9.17) is 32.8 Å². The molecule has 2 aliphatic rings. The maximum atomic E-state index is 13.2. The molecule has 0 unspecified atom stereocenters. The number of anilines is 1. The van der Waals surface area contributed by atoms with Gasteiger partial charge in [0, 0.05) is 21.7 Å². The molecule has 6 nitrogen and oxygen atoms in total. The van der Waals surface area contributed by atoms with E-state index in [0.29, 0.717) is 38.3 Å². The number of fused-ring (bicyclic) bond motifs is 1. The van der Waals surface area contributed by atoms with Crippen molar-refractivity contribution >= 4 is 46.4 Å². The first-order chi connectivity index (χ1) is 12.9. The Bertz CT molecular complexity index is 1010. The van der Waals surface area contributed by atoms with Crippen LogP contribution < -0.4 is 9.64 Å². The number of carbonyl (C=O) groups excluding carboxylic acids is 2. The summed E-state index contributed by atoms with van der Waals surface area (Å²) in [6, 6.07) is 10.2. The predicted octanol–water partition coefficient (Wildman–Crippen LogP) is 3.60. The molecule has 0 aliphatic carbocycles. The minimum Gasteiger partial charge on any atom is -0.495 e. The molecule has 2 atom stereocenters. The second-order valence-electron chi connectivity index (χ2n) is 6.25. The zero-order valence-corrected chi connectivity index (χ0v) is 15.9. The van der Waals surface area contributed by atoms with Crippen molar-refractivity contribution in [2.75, 3.05) is 12.0 Å². The van der Waals surface area contributed by atoms with Gasteiger partial charge in [-0.05, 0) is 24.6 Å². The Morgan fingerprint density at radius 1 is 1.11 bits per heavy atom. The van der Waals surface area contributed by atoms with Crippen LogP contribution >= 0.6 is 23.2 Å². The van der Waals surface area contributed by atoms with Gasteiger partial charge in [0.25, 0.3) is 5.91 Å².